The second kappa shape index (κ2) is 5.52. The zero-order valence-corrected chi connectivity index (χ0v) is 13.6. The van der Waals surface area contributed by atoms with Crippen molar-refractivity contribution in [2.45, 2.75) is 25.9 Å². The molecule has 1 saturated heterocycles. The van der Waals surface area contributed by atoms with Crippen molar-refractivity contribution in [2.24, 2.45) is 0 Å². The molecule has 6 heteroatoms. The van der Waals surface area contributed by atoms with Crippen molar-refractivity contribution in [3.05, 3.63) is 45.7 Å². The van der Waals surface area contributed by atoms with Crippen molar-refractivity contribution in [2.75, 3.05) is 18.6 Å². The maximum atomic E-state index is 12.2. The second-order valence-corrected chi connectivity index (χ2v) is 8.41. The van der Waals surface area contributed by atoms with E-state index in [4.69, 9.17) is 0 Å². The molecule has 118 valence electrons. The fourth-order valence-electron chi connectivity index (χ4n) is 3.02. The summed E-state index contributed by atoms with van der Waals surface area (Å²) in [6, 6.07) is 7.40. The highest BCUT2D eigenvalue weighted by atomic mass is 32.2. The van der Waals surface area contributed by atoms with Crippen molar-refractivity contribution in [3.63, 3.8) is 0 Å². The third kappa shape index (κ3) is 3.08. The minimum absolute atomic E-state index is 0.0000986. The Morgan fingerprint density at radius 3 is 2.77 bits per heavy atom. The zero-order valence-electron chi connectivity index (χ0n) is 12.8. The molecule has 0 saturated carbocycles. The molecule has 1 aromatic heterocycles. The van der Waals surface area contributed by atoms with Crippen LogP contribution in [0, 0.1) is 6.92 Å². The maximum Gasteiger partial charge on any atom is 0.189 e. The van der Waals surface area contributed by atoms with Crippen molar-refractivity contribution < 1.29 is 8.42 Å². The number of aromatic amines is 1. The van der Waals surface area contributed by atoms with Gasteiger partial charge in [-0.1, -0.05) is 11.6 Å². The predicted octanol–water partition coefficient (Wildman–Crippen LogP) is 1.46. The molecule has 0 amide bonds. The highest BCUT2D eigenvalue weighted by Crippen LogP contribution is 2.18. The molecule has 0 spiro atoms. The van der Waals surface area contributed by atoms with Gasteiger partial charge in [-0.25, -0.2) is 8.42 Å². The van der Waals surface area contributed by atoms with E-state index in [0.717, 1.165) is 16.8 Å². The van der Waals surface area contributed by atoms with Gasteiger partial charge in [-0.2, -0.15) is 0 Å². The van der Waals surface area contributed by atoms with E-state index in [1.807, 2.05) is 37.1 Å². The fourth-order valence-corrected chi connectivity index (χ4v) is 4.83. The third-order valence-corrected chi connectivity index (χ3v) is 6.04. The summed E-state index contributed by atoms with van der Waals surface area (Å²) in [5.74, 6) is 0.468. The van der Waals surface area contributed by atoms with Crippen molar-refractivity contribution in [1.29, 1.82) is 0 Å². The zero-order chi connectivity index (χ0) is 15.9. The van der Waals surface area contributed by atoms with Gasteiger partial charge in [0.05, 0.1) is 11.5 Å². The van der Waals surface area contributed by atoms with Crippen LogP contribution in [0.1, 0.15) is 17.7 Å². The molecule has 1 unspecified atom stereocenters. The Balaban J connectivity index is 1.85. The van der Waals surface area contributed by atoms with Gasteiger partial charge in [0.15, 0.2) is 15.3 Å². The molecule has 5 nitrogen and oxygen atoms in total. The molecule has 1 fully saturated rings. The number of hydrogen-bond donors (Lipinski definition) is 1. The lowest BCUT2D eigenvalue weighted by Gasteiger charge is -2.23. The van der Waals surface area contributed by atoms with Gasteiger partial charge in [0, 0.05) is 35.2 Å². The smallest absolute Gasteiger partial charge is 0.189 e. The van der Waals surface area contributed by atoms with E-state index >= 15 is 0 Å². The standard InChI is InChI=1S/C16H20N2O3S/c1-11-3-4-15-14(7-11)16(19)8-12(17-15)9-18(2)13-5-6-22(20,21)10-13/h3-4,7-8,13H,5-6,9-10H2,1-2H3,(H,17,19). The molecule has 3 rings (SSSR count). The van der Waals surface area contributed by atoms with Crippen LogP contribution in [0.5, 0.6) is 0 Å². The summed E-state index contributed by atoms with van der Waals surface area (Å²) in [5.41, 5.74) is 2.69. The van der Waals surface area contributed by atoms with E-state index in [2.05, 4.69) is 4.98 Å². The number of benzene rings is 1. The topological polar surface area (TPSA) is 70.2 Å². The molecule has 2 heterocycles. The average molecular weight is 320 g/mol. The maximum absolute atomic E-state index is 12.2. The second-order valence-electron chi connectivity index (χ2n) is 6.18. The Kier molecular flexibility index (Phi) is 3.82. The van der Waals surface area contributed by atoms with Crippen LogP contribution in [-0.2, 0) is 16.4 Å². The van der Waals surface area contributed by atoms with Crippen LogP contribution in [-0.4, -0.2) is 42.9 Å². The molecular formula is C16H20N2O3S. The lowest BCUT2D eigenvalue weighted by atomic mass is 10.1. The number of nitrogens with one attached hydrogen (secondary N) is 1. The SMILES string of the molecule is Cc1ccc2[nH]c(CN(C)C3CCS(=O)(=O)C3)cc(=O)c2c1. The lowest BCUT2D eigenvalue weighted by molar-refractivity contribution is 0.251. The van der Waals surface area contributed by atoms with Crippen LogP contribution in [0.4, 0.5) is 0 Å². The van der Waals surface area contributed by atoms with Crippen LogP contribution >= 0.6 is 0 Å². The fraction of sp³-hybridized carbons (Fsp3) is 0.438. The normalized spacial score (nSPS) is 20.8. The molecule has 1 aliphatic rings. The molecule has 0 aliphatic carbocycles. The number of H-pyrrole nitrogens is 1. The Morgan fingerprint density at radius 2 is 2.09 bits per heavy atom. The molecule has 0 bridgehead atoms. The molecule has 22 heavy (non-hydrogen) atoms. The summed E-state index contributed by atoms with van der Waals surface area (Å²) in [7, 11) is -0.988. The number of aromatic nitrogens is 1. The molecule has 1 atom stereocenters. The summed E-state index contributed by atoms with van der Waals surface area (Å²) < 4.78 is 23.1. The van der Waals surface area contributed by atoms with E-state index in [1.165, 1.54) is 0 Å². The van der Waals surface area contributed by atoms with Crippen molar-refractivity contribution in [3.8, 4) is 0 Å². The van der Waals surface area contributed by atoms with Crippen molar-refractivity contribution in [1.82, 2.24) is 9.88 Å². The number of aryl methyl sites for hydroxylation is 1. The van der Waals surface area contributed by atoms with Crippen LogP contribution in [0.3, 0.4) is 0 Å². The largest absolute Gasteiger partial charge is 0.357 e. The molecule has 1 N–H and O–H groups in total. The minimum atomic E-state index is -2.89. The highest BCUT2D eigenvalue weighted by molar-refractivity contribution is 7.91. The first-order valence-electron chi connectivity index (χ1n) is 7.37. The molecule has 2 aromatic rings. The number of pyridine rings is 1. The van der Waals surface area contributed by atoms with E-state index in [1.54, 1.807) is 6.07 Å². The molecule has 1 aromatic carbocycles. The Morgan fingerprint density at radius 1 is 1.32 bits per heavy atom. The number of fused-ring (bicyclic) bond motifs is 1. The summed E-state index contributed by atoms with van der Waals surface area (Å²) in [6.45, 7) is 2.50. The number of rotatable bonds is 3. The van der Waals surface area contributed by atoms with Gasteiger partial charge in [-0.15, -0.1) is 0 Å². The van der Waals surface area contributed by atoms with Crippen LogP contribution in [0.15, 0.2) is 29.1 Å². The van der Waals surface area contributed by atoms with Gasteiger partial charge >= 0.3 is 0 Å². The summed E-state index contributed by atoms with van der Waals surface area (Å²) in [5, 5.41) is 0.690. The Hall–Kier alpha value is -1.66. The Labute approximate surface area is 129 Å². The Bertz CT molecular complexity index is 871. The number of sulfone groups is 1. The van der Waals surface area contributed by atoms with E-state index < -0.39 is 9.84 Å². The van der Waals surface area contributed by atoms with Gasteiger partial charge < -0.3 is 4.98 Å². The van der Waals surface area contributed by atoms with Gasteiger partial charge in [0.2, 0.25) is 0 Å². The van der Waals surface area contributed by atoms with Gasteiger partial charge in [-0.05, 0) is 32.5 Å². The van der Waals surface area contributed by atoms with Crippen LogP contribution in [0.25, 0.3) is 10.9 Å². The van der Waals surface area contributed by atoms with E-state index in [-0.39, 0.29) is 23.0 Å². The minimum Gasteiger partial charge on any atom is -0.357 e. The van der Waals surface area contributed by atoms with Gasteiger partial charge in [-0.3, -0.25) is 9.69 Å². The molecule has 1 aliphatic heterocycles. The summed E-state index contributed by atoms with van der Waals surface area (Å²) >= 11 is 0. The van der Waals surface area contributed by atoms with E-state index in [0.29, 0.717) is 18.4 Å². The van der Waals surface area contributed by atoms with Crippen LogP contribution in [0.2, 0.25) is 0 Å². The van der Waals surface area contributed by atoms with Gasteiger partial charge in [0.25, 0.3) is 0 Å². The lowest BCUT2D eigenvalue weighted by Crippen LogP contribution is -2.32. The molecular weight excluding hydrogens is 300 g/mol. The molecule has 0 radical (unpaired) electrons. The van der Waals surface area contributed by atoms with Crippen LogP contribution < -0.4 is 5.43 Å². The number of hydrogen-bond acceptors (Lipinski definition) is 4. The first-order chi connectivity index (χ1) is 10.3. The monoisotopic (exact) mass is 320 g/mol. The predicted molar refractivity (Wildman–Crippen MR) is 87.8 cm³/mol. The first kappa shape index (κ1) is 15.2. The van der Waals surface area contributed by atoms with Gasteiger partial charge in [0.1, 0.15) is 0 Å². The van der Waals surface area contributed by atoms with E-state index in [9.17, 15) is 13.2 Å². The third-order valence-electron chi connectivity index (χ3n) is 4.29. The average Bonchev–Trinajstić information content (AvgIpc) is 2.80. The summed E-state index contributed by atoms with van der Waals surface area (Å²) in [6.07, 6.45) is 0.663. The first-order valence-corrected chi connectivity index (χ1v) is 9.19. The highest BCUT2D eigenvalue weighted by Gasteiger charge is 2.30. The quantitative estimate of drug-likeness (QED) is 0.929. The summed E-state index contributed by atoms with van der Waals surface area (Å²) in [4.78, 5) is 17.5. The van der Waals surface area contributed by atoms with Crippen molar-refractivity contribution >= 4 is 20.7 Å². The number of nitrogens with zero attached hydrogens (tertiary/aromatic N) is 1.